The Labute approximate surface area is 91.7 Å². The van der Waals surface area contributed by atoms with E-state index in [1.54, 1.807) is 22.7 Å². The molecule has 0 aliphatic carbocycles. The maximum absolute atomic E-state index is 10.1. The SMILES string of the molecule is CCc1ccsc1C(O)c1cccs1. The second-order valence-corrected chi connectivity index (χ2v) is 5.01. The van der Waals surface area contributed by atoms with Gasteiger partial charge in [0.15, 0.2) is 0 Å². The number of thiophene rings is 2. The van der Waals surface area contributed by atoms with E-state index >= 15 is 0 Å². The third-order valence-electron chi connectivity index (χ3n) is 2.22. The summed E-state index contributed by atoms with van der Waals surface area (Å²) < 4.78 is 0. The van der Waals surface area contributed by atoms with Crippen LogP contribution in [0.5, 0.6) is 0 Å². The maximum atomic E-state index is 10.1. The summed E-state index contributed by atoms with van der Waals surface area (Å²) in [6.07, 6.45) is 0.561. The maximum Gasteiger partial charge on any atom is 0.123 e. The van der Waals surface area contributed by atoms with Gasteiger partial charge in [0.1, 0.15) is 6.10 Å². The van der Waals surface area contributed by atoms with E-state index in [0.29, 0.717) is 0 Å². The van der Waals surface area contributed by atoms with Crippen LogP contribution in [-0.2, 0) is 6.42 Å². The molecule has 2 heterocycles. The van der Waals surface area contributed by atoms with Gasteiger partial charge in [-0.05, 0) is 34.9 Å². The Morgan fingerprint density at radius 2 is 2.14 bits per heavy atom. The highest BCUT2D eigenvalue weighted by molar-refractivity contribution is 7.11. The molecule has 0 saturated carbocycles. The number of hydrogen-bond acceptors (Lipinski definition) is 3. The van der Waals surface area contributed by atoms with Crippen molar-refractivity contribution in [1.29, 1.82) is 0 Å². The first-order valence-corrected chi connectivity index (χ1v) is 6.36. The fourth-order valence-electron chi connectivity index (χ4n) is 1.46. The minimum atomic E-state index is -0.426. The van der Waals surface area contributed by atoms with Gasteiger partial charge >= 0.3 is 0 Å². The van der Waals surface area contributed by atoms with Crippen molar-refractivity contribution in [2.45, 2.75) is 19.4 Å². The third-order valence-corrected chi connectivity index (χ3v) is 4.16. The number of aryl methyl sites for hydroxylation is 1. The van der Waals surface area contributed by atoms with Gasteiger partial charge in [-0.15, -0.1) is 22.7 Å². The van der Waals surface area contributed by atoms with Crippen molar-refractivity contribution in [3.8, 4) is 0 Å². The summed E-state index contributed by atoms with van der Waals surface area (Å²) in [6.45, 7) is 2.12. The van der Waals surface area contributed by atoms with E-state index in [9.17, 15) is 5.11 Å². The summed E-state index contributed by atoms with van der Waals surface area (Å²) in [4.78, 5) is 2.12. The zero-order valence-corrected chi connectivity index (χ0v) is 9.57. The Bertz CT molecular complexity index is 389. The van der Waals surface area contributed by atoms with Crippen LogP contribution in [0, 0.1) is 0 Å². The number of aliphatic hydroxyl groups is 1. The van der Waals surface area contributed by atoms with Crippen LogP contribution in [0.3, 0.4) is 0 Å². The van der Waals surface area contributed by atoms with Gasteiger partial charge in [-0.1, -0.05) is 13.0 Å². The Balaban J connectivity index is 2.31. The molecule has 0 bridgehead atoms. The molecule has 1 unspecified atom stereocenters. The van der Waals surface area contributed by atoms with Gasteiger partial charge in [-0.3, -0.25) is 0 Å². The monoisotopic (exact) mass is 224 g/mol. The van der Waals surface area contributed by atoms with Gasteiger partial charge in [-0.25, -0.2) is 0 Å². The van der Waals surface area contributed by atoms with Gasteiger partial charge in [0.2, 0.25) is 0 Å². The van der Waals surface area contributed by atoms with E-state index in [2.05, 4.69) is 13.0 Å². The highest BCUT2D eigenvalue weighted by Crippen LogP contribution is 2.32. The molecule has 1 N–H and O–H groups in total. The smallest absolute Gasteiger partial charge is 0.123 e. The molecule has 14 heavy (non-hydrogen) atoms. The standard InChI is InChI=1S/C11H12OS2/c1-2-8-5-7-14-11(8)10(12)9-4-3-6-13-9/h3-7,10,12H,2H2,1H3. The summed E-state index contributed by atoms with van der Waals surface area (Å²) in [5.74, 6) is 0. The van der Waals surface area contributed by atoms with Gasteiger partial charge in [0.25, 0.3) is 0 Å². The third kappa shape index (κ3) is 1.75. The summed E-state index contributed by atoms with van der Waals surface area (Å²) >= 11 is 3.24. The predicted molar refractivity (Wildman–Crippen MR) is 62.1 cm³/mol. The molecule has 0 saturated heterocycles. The van der Waals surface area contributed by atoms with Gasteiger partial charge in [-0.2, -0.15) is 0 Å². The van der Waals surface area contributed by atoms with E-state index in [0.717, 1.165) is 16.2 Å². The normalized spacial score (nSPS) is 13.0. The second kappa shape index (κ2) is 4.26. The molecule has 2 aromatic rings. The van der Waals surface area contributed by atoms with Gasteiger partial charge in [0, 0.05) is 9.75 Å². The van der Waals surface area contributed by atoms with Crippen LogP contribution in [0.25, 0.3) is 0 Å². The Kier molecular flexibility index (Phi) is 3.01. The molecule has 2 rings (SSSR count). The van der Waals surface area contributed by atoms with Crippen LogP contribution >= 0.6 is 22.7 Å². The van der Waals surface area contributed by atoms with E-state index in [4.69, 9.17) is 0 Å². The highest BCUT2D eigenvalue weighted by atomic mass is 32.1. The van der Waals surface area contributed by atoms with Crippen molar-refractivity contribution < 1.29 is 5.11 Å². The summed E-state index contributed by atoms with van der Waals surface area (Å²) in [7, 11) is 0. The summed E-state index contributed by atoms with van der Waals surface area (Å²) in [5.41, 5.74) is 1.26. The molecule has 0 aromatic carbocycles. The van der Waals surface area contributed by atoms with Crippen molar-refractivity contribution in [2.24, 2.45) is 0 Å². The average Bonchev–Trinajstić information content (AvgIpc) is 2.87. The minimum Gasteiger partial charge on any atom is -0.382 e. The molecule has 0 spiro atoms. The Morgan fingerprint density at radius 1 is 1.29 bits per heavy atom. The summed E-state index contributed by atoms with van der Waals surface area (Å²) in [5, 5.41) is 14.1. The molecule has 74 valence electrons. The highest BCUT2D eigenvalue weighted by Gasteiger charge is 2.15. The second-order valence-electron chi connectivity index (χ2n) is 3.08. The number of aliphatic hydroxyl groups excluding tert-OH is 1. The molecule has 0 aliphatic heterocycles. The number of hydrogen-bond donors (Lipinski definition) is 1. The lowest BCUT2D eigenvalue weighted by Gasteiger charge is -2.08. The molecular weight excluding hydrogens is 212 g/mol. The molecular formula is C11H12OS2. The fourth-order valence-corrected chi connectivity index (χ4v) is 3.25. The van der Waals surface area contributed by atoms with Gasteiger partial charge in [0.05, 0.1) is 0 Å². The first kappa shape index (κ1) is 9.90. The average molecular weight is 224 g/mol. The Hall–Kier alpha value is -0.640. The van der Waals surface area contributed by atoms with E-state index in [1.807, 2.05) is 22.9 Å². The first-order valence-electron chi connectivity index (χ1n) is 4.60. The predicted octanol–water partition coefficient (Wildman–Crippen LogP) is 3.45. The quantitative estimate of drug-likeness (QED) is 0.846. The molecule has 0 amide bonds. The fraction of sp³-hybridized carbons (Fsp3) is 0.273. The van der Waals surface area contributed by atoms with Crippen molar-refractivity contribution in [1.82, 2.24) is 0 Å². The Morgan fingerprint density at radius 3 is 2.79 bits per heavy atom. The number of rotatable bonds is 3. The molecule has 2 aromatic heterocycles. The summed E-state index contributed by atoms with van der Waals surface area (Å²) in [6, 6.07) is 6.05. The van der Waals surface area contributed by atoms with E-state index < -0.39 is 6.10 Å². The lowest BCUT2D eigenvalue weighted by Crippen LogP contribution is -1.97. The van der Waals surface area contributed by atoms with E-state index in [1.165, 1.54) is 5.56 Å². The van der Waals surface area contributed by atoms with Crippen LogP contribution in [0.2, 0.25) is 0 Å². The molecule has 0 fully saturated rings. The van der Waals surface area contributed by atoms with Crippen LogP contribution in [0.15, 0.2) is 29.0 Å². The lowest BCUT2D eigenvalue weighted by atomic mass is 10.1. The first-order chi connectivity index (χ1) is 6.83. The minimum absolute atomic E-state index is 0.426. The van der Waals surface area contributed by atoms with Gasteiger partial charge < -0.3 is 5.11 Å². The topological polar surface area (TPSA) is 20.2 Å². The molecule has 1 atom stereocenters. The molecule has 0 aliphatic rings. The molecule has 0 radical (unpaired) electrons. The van der Waals surface area contributed by atoms with Crippen molar-refractivity contribution in [3.63, 3.8) is 0 Å². The van der Waals surface area contributed by atoms with Crippen molar-refractivity contribution in [3.05, 3.63) is 44.3 Å². The zero-order chi connectivity index (χ0) is 9.97. The lowest BCUT2D eigenvalue weighted by molar-refractivity contribution is 0.227. The van der Waals surface area contributed by atoms with E-state index in [-0.39, 0.29) is 0 Å². The molecule has 1 nitrogen and oxygen atoms in total. The van der Waals surface area contributed by atoms with Crippen LogP contribution in [-0.4, -0.2) is 5.11 Å². The van der Waals surface area contributed by atoms with Crippen LogP contribution in [0.1, 0.15) is 28.3 Å². The molecule has 3 heteroatoms. The van der Waals surface area contributed by atoms with Crippen molar-refractivity contribution in [2.75, 3.05) is 0 Å². The zero-order valence-electron chi connectivity index (χ0n) is 7.93. The largest absolute Gasteiger partial charge is 0.382 e. The van der Waals surface area contributed by atoms with Crippen LogP contribution < -0.4 is 0 Å². The van der Waals surface area contributed by atoms with Crippen molar-refractivity contribution >= 4 is 22.7 Å². The van der Waals surface area contributed by atoms with Crippen LogP contribution in [0.4, 0.5) is 0 Å².